The minimum atomic E-state index is 0.0873. The van der Waals surface area contributed by atoms with Crippen molar-refractivity contribution in [2.45, 2.75) is 49.7 Å². The van der Waals surface area contributed by atoms with Gasteiger partial charge in [0.2, 0.25) is 0 Å². The molecule has 1 saturated carbocycles. The van der Waals surface area contributed by atoms with Crippen molar-refractivity contribution in [2.24, 2.45) is 5.92 Å². The maximum atomic E-state index is 12.6. The third-order valence-electron chi connectivity index (χ3n) is 4.63. The number of likely N-dealkylation sites (tertiary alicyclic amines) is 1. The topological polar surface area (TPSA) is 29.5 Å². The first kappa shape index (κ1) is 15.1. The van der Waals surface area contributed by atoms with E-state index in [4.69, 9.17) is 4.74 Å². The summed E-state index contributed by atoms with van der Waals surface area (Å²) in [5, 5.41) is 0. The van der Waals surface area contributed by atoms with Gasteiger partial charge in [0.05, 0.1) is 0 Å². The summed E-state index contributed by atoms with van der Waals surface area (Å²) >= 11 is 0.394. The molecular formula is C17H23NO2Se. The first-order valence-corrected chi connectivity index (χ1v) is 9.54. The Kier molecular flexibility index (Phi) is 4.39. The molecule has 1 aromatic carbocycles. The molecule has 21 heavy (non-hydrogen) atoms. The Balaban J connectivity index is 1.87. The Hall–Kier alpha value is -0.831. The quantitative estimate of drug-likeness (QED) is 0.774. The minimum absolute atomic E-state index is 0.0873. The van der Waals surface area contributed by atoms with Crippen molar-refractivity contribution < 1.29 is 9.53 Å². The van der Waals surface area contributed by atoms with Crippen LogP contribution < -0.4 is 4.46 Å². The van der Waals surface area contributed by atoms with Gasteiger partial charge in [0, 0.05) is 0 Å². The van der Waals surface area contributed by atoms with Crippen LogP contribution in [0.2, 0.25) is 4.82 Å². The van der Waals surface area contributed by atoms with E-state index in [0.717, 1.165) is 12.8 Å². The molecule has 114 valence electrons. The Morgan fingerprint density at radius 3 is 2.57 bits per heavy atom. The van der Waals surface area contributed by atoms with Gasteiger partial charge in [-0.25, -0.2) is 0 Å². The molecule has 1 heterocycles. The van der Waals surface area contributed by atoms with Crippen LogP contribution in [0.4, 0.5) is 0 Å². The second kappa shape index (κ2) is 6.12. The van der Waals surface area contributed by atoms with Crippen molar-refractivity contribution in [1.29, 1.82) is 0 Å². The van der Waals surface area contributed by atoms with Gasteiger partial charge >= 0.3 is 133 Å². The van der Waals surface area contributed by atoms with Crippen molar-refractivity contribution in [2.75, 3.05) is 7.11 Å². The molecule has 4 atom stereocenters. The van der Waals surface area contributed by atoms with Gasteiger partial charge in [-0.2, -0.15) is 0 Å². The number of benzene rings is 1. The Morgan fingerprint density at radius 2 is 1.95 bits per heavy atom. The molecule has 0 spiro atoms. The number of amides is 1. The molecule has 3 nitrogen and oxygen atoms in total. The van der Waals surface area contributed by atoms with E-state index in [0.29, 0.717) is 25.7 Å². The van der Waals surface area contributed by atoms with Gasteiger partial charge in [-0.3, -0.25) is 0 Å². The fourth-order valence-corrected chi connectivity index (χ4v) is 6.59. The number of carbonyl (C=O) groups is 1. The van der Waals surface area contributed by atoms with E-state index in [-0.39, 0.29) is 24.1 Å². The summed E-state index contributed by atoms with van der Waals surface area (Å²) < 4.78 is 7.17. The third-order valence-corrected chi connectivity index (χ3v) is 7.49. The summed E-state index contributed by atoms with van der Waals surface area (Å²) in [5.74, 6) is 0.401. The fourth-order valence-electron chi connectivity index (χ4n) is 3.77. The van der Waals surface area contributed by atoms with E-state index in [1.807, 2.05) is 0 Å². The second-order valence-electron chi connectivity index (χ2n) is 6.18. The number of nitrogens with zero attached hydrogens (tertiary/aromatic N) is 1. The first-order valence-electron chi connectivity index (χ1n) is 7.70. The molecule has 1 saturated heterocycles. The molecule has 3 rings (SSSR count). The molecule has 1 aliphatic carbocycles. The second-order valence-corrected chi connectivity index (χ2v) is 8.94. The number of methoxy groups -OCH3 is 1. The van der Waals surface area contributed by atoms with Gasteiger partial charge in [-0.15, -0.1) is 0 Å². The first-order chi connectivity index (χ1) is 10.1. The van der Waals surface area contributed by atoms with Crippen LogP contribution in [0.3, 0.4) is 0 Å². The summed E-state index contributed by atoms with van der Waals surface area (Å²) in [7, 11) is 1.76. The molecule has 2 fully saturated rings. The number of rotatable bonds is 4. The van der Waals surface area contributed by atoms with Crippen LogP contribution in [-0.4, -0.2) is 51.1 Å². The van der Waals surface area contributed by atoms with E-state index >= 15 is 0 Å². The SMILES string of the molecule is COC1C2CCC([Se]c3ccccc3)C1N(C(C)C)C2=O. The summed E-state index contributed by atoms with van der Waals surface area (Å²) in [4.78, 5) is 15.3. The molecule has 0 radical (unpaired) electrons. The number of carbonyl (C=O) groups excluding carboxylic acids is 1. The normalized spacial score (nSPS) is 32.0. The molecule has 0 aromatic heterocycles. The van der Waals surface area contributed by atoms with E-state index in [2.05, 4.69) is 49.1 Å². The average Bonchev–Trinajstić information content (AvgIpc) is 2.69. The van der Waals surface area contributed by atoms with Gasteiger partial charge in [-0.05, 0) is 0 Å². The molecule has 4 unspecified atom stereocenters. The summed E-state index contributed by atoms with van der Waals surface area (Å²) in [5.41, 5.74) is 0. The number of ether oxygens (including phenoxy) is 1. The number of hydrogen-bond donors (Lipinski definition) is 0. The predicted molar refractivity (Wildman–Crippen MR) is 84.9 cm³/mol. The predicted octanol–water partition coefficient (Wildman–Crippen LogP) is 1.85. The molecule has 1 aliphatic heterocycles. The van der Waals surface area contributed by atoms with Gasteiger partial charge in [0.25, 0.3) is 0 Å². The monoisotopic (exact) mass is 353 g/mol. The van der Waals surface area contributed by atoms with Crippen molar-refractivity contribution in [3.05, 3.63) is 30.3 Å². The van der Waals surface area contributed by atoms with Crippen LogP contribution in [0, 0.1) is 5.92 Å². The van der Waals surface area contributed by atoms with Gasteiger partial charge in [0.1, 0.15) is 0 Å². The van der Waals surface area contributed by atoms with Crippen molar-refractivity contribution in [3.63, 3.8) is 0 Å². The number of hydrogen-bond acceptors (Lipinski definition) is 2. The Morgan fingerprint density at radius 1 is 1.24 bits per heavy atom. The standard InChI is InChI=1S/C17H23NO2Se/c1-11(2)18-15-14(21-12-7-5-4-6-8-12)10-9-13(17(18)19)16(15)20-3/h4-8,11,13-16H,9-10H2,1-3H3. The molecule has 2 aliphatic rings. The molecule has 4 heteroatoms. The Bertz CT molecular complexity index is 505. The fraction of sp³-hybridized carbons (Fsp3) is 0.588. The van der Waals surface area contributed by atoms with Crippen molar-refractivity contribution >= 4 is 25.3 Å². The van der Waals surface area contributed by atoms with E-state index < -0.39 is 0 Å². The zero-order valence-electron chi connectivity index (χ0n) is 12.9. The van der Waals surface area contributed by atoms with Gasteiger partial charge in [0.15, 0.2) is 0 Å². The molecule has 1 amide bonds. The average molecular weight is 352 g/mol. The maximum absolute atomic E-state index is 12.6. The molecular weight excluding hydrogens is 329 g/mol. The van der Waals surface area contributed by atoms with E-state index in [1.54, 1.807) is 7.11 Å². The van der Waals surface area contributed by atoms with Gasteiger partial charge in [-0.1, -0.05) is 0 Å². The van der Waals surface area contributed by atoms with E-state index in [1.165, 1.54) is 4.46 Å². The van der Waals surface area contributed by atoms with Crippen molar-refractivity contribution in [3.8, 4) is 0 Å². The third kappa shape index (κ3) is 2.65. The van der Waals surface area contributed by atoms with Crippen LogP contribution in [0.1, 0.15) is 26.7 Å². The van der Waals surface area contributed by atoms with Crippen LogP contribution in [0.5, 0.6) is 0 Å². The van der Waals surface area contributed by atoms with Crippen LogP contribution in [0.25, 0.3) is 0 Å². The van der Waals surface area contributed by atoms with Gasteiger partial charge < -0.3 is 0 Å². The van der Waals surface area contributed by atoms with Crippen LogP contribution in [0.15, 0.2) is 30.3 Å². The number of fused-ring (bicyclic) bond motifs is 2. The van der Waals surface area contributed by atoms with Crippen LogP contribution in [-0.2, 0) is 9.53 Å². The molecule has 1 aromatic rings. The zero-order valence-corrected chi connectivity index (χ0v) is 14.6. The van der Waals surface area contributed by atoms with Crippen LogP contribution >= 0.6 is 0 Å². The van der Waals surface area contributed by atoms with E-state index in [9.17, 15) is 4.79 Å². The summed E-state index contributed by atoms with van der Waals surface area (Å²) in [6.07, 6.45) is 2.22. The summed E-state index contributed by atoms with van der Waals surface area (Å²) in [6.45, 7) is 4.25. The Labute approximate surface area is 133 Å². The summed E-state index contributed by atoms with van der Waals surface area (Å²) in [6, 6.07) is 11.2. The molecule has 2 bridgehead atoms. The zero-order chi connectivity index (χ0) is 15.0. The van der Waals surface area contributed by atoms with Crippen molar-refractivity contribution in [1.82, 2.24) is 4.90 Å². The molecule has 0 N–H and O–H groups in total.